The lowest BCUT2D eigenvalue weighted by Crippen LogP contribution is -2.12. The largest absolute Gasteiger partial charge is 0.494 e. The third-order valence-electron chi connectivity index (χ3n) is 2.88. The quantitative estimate of drug-likeness (QED) is 0.802. The van der Waals surface area contributed by atoms with Crippen molar-refractivity contribution in [2.24, 2.45) is 0 Å². The average Bonchev–Trinajstić information content (AvgIpc) is 2.89. The van der Waals surface area contributed by atoms with Gasteiger partial charge >= 0.3 is 0 Å². The number of hydrogen-bond donors (Lipinski definition) is 1. The number of sulfonamides is 1. The van der Waals surface area contributed by atoms with E-state index in [-0.39, 0.29) is 4.90 Å². The molecule has 0 aliphatic carbocycles. The highest BCUT2D eigenvalue weighted by atomic mass is 32.2. The summed E-state index contributed by atoms with van der Waals surface area (Å²) < 4.78 is 33.1. The first-order valence-corrected chi connectivity index (χ1v) is 8.41. The van der Waals surface area contributed by atoms with Crippen molar-refractivity contribution in [3.8, 4) is 5.75 Å². The topological polar surface area (TPSA) is 68.3 Å². The third kappa shape index (κ3) is 2.70. The lowest BCUT2D eigenvalue weighted by Gasteiger charge is -2.04. The second-order valence-corrected chi connectivity index (χ2v) is 6.96. The highest BCUT2D eigenvalue weighted by Crippen LogP contribution is 2.32. The van der Waals surface area contributed by atoms with Crippen LogP contribution in [0.5, 0.6) is 5.75 Å². The number of para-hydroxylation sites is 1. The van der Waals surface area contributed by atoms with E-state index >= 15 is 0 Å². The summed E-state index contributed by atoms with van der Waals surface area (Å²) in [4.78, 5) is 4.50. The summed E-state index contributed by atoms with van der Waals surface area (Å²) in [5.41, 5.74) is 0.649. The SMILES string of the molecule is COc1cccc2sc(NS(=O)(=O)c3ccccc3)nc12. The fourth-order valence-electron chi connectivity index (χ4n) is 1.91. The zero-order chi connectivity index (χ0) is 14.9. The molecule has 0 atom stereocenters. The van der Waals surface area contributed by atoms with Gasteiger partial charge in [-0.2, -0.15) is 0 Å². The molecule has 0 saturated carbocycles. The molecule has 0 fully saturated rings. The van der Waals surface area contributed by atoms with Crippen LogP contribution in [-0.2, 0) is 10.0 Å². The molecule has 0 saturated heterocycles. The highest BCUT2D eigenvalue weighted by molar-refractivity contribution is 7.93. The summed E-state index contributed by atoms with van der Waals surface area (Å²) in [6, 6.07) is 13.7. The smallest absolute Gasteiger partial charge is 0.263 e. The van der Waals surface area contributed by atoms with E-state index in [9.17, 15) is 8.42 Å². The van der Waals surface area contributed by atoms with Gasteiger partial charge in [0.25, 0.3) is 10.0 Å². The maximum atomic E-state index is 12.3. The number of rotatable bonds is 4. The van der Waals surface area contributed by atoms with E-state index < -0.39 is 10.0 Å². The van der Waals surface area contributed by atoms with Crippen LogP contribution in [0, 0.1) is 0 Å². The average molecular weight is 320 g/mol. The minimum absolute atomic E-state index is 0.205. The van der Waals surface area contributed by atoms with Crippen molar-refractivity contribution < 1.29 is 13.2 Å². The molecule has 1 N–H and O–H groups in total. The Bertz CT molecular complexity index is 874. The fourth-order valence-corrected chi connectivity index (χ4v) is 4.04. The Labute approximate surface area is 126 Å². The van der Waals surface area contributed by atoms with Crippen LogP contribution in [0.25, 0.3) is 10.2 Å². The lowest BCUT2D eigenvalue weighted by atomic mass is 10.3. The molecule has 0 aliphatic rings. The van der Waals surface area contributed by atoms with Gasteiger partial charge in [0.1, 0.15) is 11.3 Å². The number of aromatic nitrogens is 1. The van der Waals surface area contributed by atoms with E-state index in [0.29, 0.717) is 16.4 Å². The molecule has 3 aromatic rings. The first kappa shape index (κ1) is 13.8. The van der Waals surface area contributed by atoms with Crippen molar-refractivity contribution in [2.45, 2.75) is 4.90 Å². The molecule has 7 heteroatoms. The number of anilines is 1. The Balaban J connectivity index is 1.99. The minimum atomic E-state index is -3.62. The van der Waals surface area contributed by atoms with Crippen LogP contribution in [0.3, 0.4) is 0 Å². The second kappa shape index (κ2) is 5.34. The standard InChI is InChI=1S/C14H12N2O3S2/c1-19-11-8-5-9-12-13(11)15-14(20-12)16-21(17,18)10-6-3-2-4-7-10/h2-9H,1H3,(H,15,16). The molecule has 0 radical (unpaired) electrons. The van der Waals surface area contributed by atoms with Crippen LogP contribution in [0.1, 0.15) is 0 Å². The molecule has 0 amide bonds. The summed E-state index contributed by atoms with van der Waals surface area (Å²) in [7, 11) is -2.07. The summed E-state index contributed by atoms with van der Waals surface area (Å²) >= 11 is 1.27. The van der Waals surface area contributed by atoms with Crippen LogP contribution in [0.4, 0.5) is 5.13 Å². The van der Waals surface area contributed by atoms with Crippen molar-refractivity contribution in [3.63, 3.8) is 0 Å². The van der Waals surface area contributed by atoms with E-state index in [1.54, 1.807) is 31.4 Å². The normalized spacial score (nSPS) is 11.5. The molecule has 5 nitrogen and oxygen atoms in total. The van der Waals surface area contributed by atoms with Crippen LogP contribution >= 0.6 is 11.3 Å². The first-order chi connectivity index (χ1) is 10.1. The number of ether oxygens (including phenoxy) is 1. The number of thiazole rings is 1. The number of fused-ring (bicyclic) bond motifs is 1. The molecule has 1 heterocycles. The van der Waals surface area contributed by atoms with Crippen molar-refractivity contribution in [1.29, 1.82) is 0 Å². The zero-order valence-corrected chi connectivity index (χ0v) is 12.7. The monoisotopic (exact) mass is 320 g/mol. The van der Waals surface area contributed by atoms with Crippen LogP contribution in [-0.4, -0.2) is 20.5 Å². The maximum absolute atomic E-state index is 12.3. The number of nitrogens with one attached hydrogen (secondary N) is 1. The van der Waals surface area contributed by atoms with Crippen LogP contribution in [0.15, 0.2) is 53.4 Å². The van der Waals surface area contributed by atoms with Crippen LogP contribution < -0.4 is 9.46 Å². The predicted molar refractivity (Wildman–Crippen MR) is 83.4 cm³/mol. The molecule has 3 rings (SSSR count). The highest BCUT2D eigenvalue weighted by Gasteiger charge is 2.17. The Hall–Kier alpha value is -2.12. The molecule has 21 heavy (non-hydrogen) atoms. The second-order valence-electron chi connectivity index (χ2n) is 4.24. The fraction of sp³-hybridized carbons (Fsp3) is 0.0714. The lowest BCUT2D eigenvalue weighted by molar-refractivity contribution is 0.419. The van der Waals surface area contributed by atoms with Gasteiger partial charge in [-0.25, -0.2) is 13.4 Å². The van der Waals surface area contributed by atoms with Gasteiger partial charge < -0.3 is 4.74 Å². The maximum Gasteiger partial charge on any atom is 0.263 e. The van der Waals surface area contributed by atoms with E-state index in [4.69, 9.17) is 4.74 Å². The molecule has 2 aromatic carbocycles. The van der Waals surface area contributed by atoms with Gasteiger partial charge in [0.15, 0.2) is 5.13 Å². The van der Waals surface area contributed by atoms with Crippen molar-refractivity contribution in [2.75, 3.05) is 11.8 Å². The van der Waals surface area contributed by atoms with E-state index in [2.05, 4.69) is 9.71 Å². The third-order valence-corrected chi connectivity index (χ3v) is 5.30. The Morgan fingerprint density at radius 1 is 1.10 bits per heavy atom. The van der Waals surface area contributed by atoms with E-state index in [1.807, 2.05) is 12.1 Å². The summed E-state index contributed by atoms with van der Waals surface area (Å²) in [6.07, 6.45) is 0. The van der Waals surface area contributed by atoms with Gasteiger partial charge in [0.05, 0.1) is 16.7 Å². The molecule has 0 bridgehead atoms. The van der Waals surface area contributed by atoms with Crippen LogP contribution in [0.2, 0.25) is 0 Å². The number of hydrogen-bond acceptors (Lipinski definition) is 5. The molecule has 1 aromatic heterocycles. The number of nitrogens with zero attached hydrogens (tertiary/aromatic N) is 1. The molecular weight excluding hydrogens is 308 g/mol. The van der Waals surface area contributed by atoms with Gasteiger partial charge in [-0.3, -0.25) is 4.72 Å². The van der Waals surface area contributed by atoms with Gasteiger partial charge in [0, 0.05) is 0 Å². The van der Waals surface area contributed by atoms with Crippen molar-refractivity contribution in [3.05, 3.63) is 48.5 Å². The molecule has 0 spiro atoms. The van der Waals surface area contributed by atoms with Crippen molar-refractivity contribution >= 4 is 36.7 Å². The summed E-state index contributed by atoms with van der Waals surface area (Å²) in [5, 5.41) is 0.318. The van der Waals surface area contributed by atoms with Gasteiger partial charge in [-0.15, -0.1) is 0 Å². The van der Waals surface area contributed by atoms with Gasteiger partial charge in [-0.05, 0) is 24.3 Å². The predicted octanol–water partition coefficient (Wildman–Crippen LogP) is 3.11. The number of benzene rings is 2. The van der Waals surface area contributed by atoms with E-state index in [1.165, 1.54) is 23.5 Å². The van der Waals surface area contributed by atoms with E-state index in [0.717, 1.165) is 4.70 Å². The Morgan fingerprint density at radius 2 is 1.86 bits per heavy atom. The van der Waals surface area contributed by atoms with Gasteiger partial charge in [-0.1, -0.05) is 35.6 Å². The number of methoxy groups -OCH3 is 1. The Kier molecular flexibility index (Phi) is 3.52. The Morgan fingerprint density at radius 3 is 2.57 bits per heavy atom. The van der Waals surface area contributed by atoms with Crippen molar-refractivity contribution in [1.82, 2.24) is 4.98 Å². The molecule has 108 valence electrons. The minimum Gasteiger partial charge on any atom is -0.494 e. The molecular formula is C14H12N2O3S2. The molecule has 0 unspecified atom stereocenters. The summed E-state index contributed by atoms with van der Waals surface area (Å²) in [6.45, 7) is 0. The summed E-state index contributed by atoms with van der Waals surface area (Å²) in [5.74, 6) is 0.619. The molecule has 0 aliphatic heterocycles. The first-order valence-electron chi connectivity index (χ1n) is 6.11. The zero-order valence-electron chi connectivity index (χ0n) is 11.1. The van der Waals surface area contributed by atoms with Gasteiger partial charge in [0.2, 0.25) is 0 Å².